The van der Waals surface area contributed by atoms with Gasteiger partial charge in [-0.2, -0.15) is 0 Å². The molecule has 0 spiro atoms. The van der Waals surface area contributed by atoms with Gasteiger partial charge in [-0.3, -0.25) is 0 Å². The summed E-state index contributed by atoms with van der Waals surface area (Å²) in [5, 5.41) is 0. The Kier molecular flexibility index (Phi) is 1.32. The molecule has 2 unspecified atom stereocenters. The highest BCUT2D eigenvalue weighted by Crippen LogP contribution is 2.88. The molecular formula is C15H14. The van der Waals surface area contributed by atoms with Crippen LogP contribution in [0.2, 0.25) is 0 Å². The first-order chi connectivity index (χ1) is 7.43. The molecule has 0 aromatic heterocycles. The van der Waals surface area contributed by atoms with Crippen LogP contribution < -0.4 is 0 Å². The van der Waals surface area contributed by atoms with Crippen LogP contribution in [0.5, 0.6) is 0 Å². The van der Waals surface area contributed by atoms with E-state index in [0.29, 0.717) is 5.41 Å². The Balaban J connectivity index is 1.61. The van der Waals surface area contributed by atoms with Crippen molar-refractivity contribution >= 4 is 0 Å². The van der Waals surface area contributed by atoms with E-state index in [1.54, 1.807) is 0 Å². The van der Waals surface area contributed by atoms with Crippen molar-refractivity contribution in [2.45, 2.75) is 19.3 Å². The Hall–Kier alpha value is -1.22. The van der Waals surface area contributed by atoms with Gasteiger partial charge in [0.05, 0.1) is 0 Å². The summed E-state index contributed by atoms with van der Waals surface area (Å²) in [6.07, 6.45) is 4.36. The standard InChI is InChI=1S/C15H14/c1-2-5-11(6-3-1)9-10-15-12-7-4-8-13(15)14(12)15/h1-3,5-6,12-14H,4,7-8H2. The number of rotatable bonds is 0. The predicted molar refractivity (Wildman–Crippen MR) is 60.1 cm³/mol. The number of fused-ring (bicyclic) bond motifs is 2. The van der Waals surface area contributed by atoms with Gasteiger partial charge in [0.2, 0.25) is 0 Å². The number of hydrogen-bond donors (Lipinski definition) is 0. The number of hydrogen-bond acceptors (Lipinski definition) is 0. The maximum atomic E-state index is 3.58. The second-order valence-electron chi connectivity index (χ2n) is 5.22. The minimum Gasteiger partial charge on any atom is -0.0902 e. The molecule has 3 aliphatic carbocycles. The van der Waals surface area contributed by atoms with Gasteiger partial charge in [0.25, 0.3) is 0 Å². The van der Waals surface area contributed by atoms with E-state index in [1.165, 1.54) is 24.8 Å². The van der Waals surface area contributed by atoms with Crippen LogP contribution in [0.4, 0.5) is 0 Å². The van der Waals surface area contributed by atoms with Crippen LogP contribution in [0, 0.1) is 35.0 Å². The zero-order valence-electron chi connectivity index (χ0n) is 8.74. The molecule has 74 valence electrons. The maximum Gasteiger partial charge on any atom is 0.0415 e. The van der Waals surface area contributed by atoms with Crippen LogP contribution in [-0.4, -0.2) is 0 Å². The SMILES string of the molecule is C(#CC12C3CCCC1C32)c1ccccc1. The van der Waals surface area contributed by atoms with Crippen molar-refractivity contribution in [3.63, 3.8) is 0 Å². The molecule has 15 heavy (non-hydrogen) atoms. The van der Waals surface area contributed by atoms with Crippen LogP contribution in [0.25, 0.3) is 0 Å². The third-order valence-electron chi connectivity index (χ3n) is 4.65. The lowest BCUT2D eigenvalue weighted by Crippen LogP contribution is -2.14. The van der Waals surface area contributed by atoms with Gasteiger partial charge in [-0.05, 0) is 42.7 Å². The fourth-order valence-corrected chi connectivity index (χ4v) is 3.83. The molecule has 0 amide bonds. The van der Waals surface area contributed by atoms with Crippen molar-refractivity contribution in [3.05, 3.63) is 35.9 Å². The molecule has 3 saturated carbocycles. The fourth-order valence-electron chi connectivity index (χ4n) is 3.83. The molecule has 0 aliphatic heterocycles. The van der Waals surface area contributed by atoms with Crippen molar-refractivity contribution in [1.29, 1.82) is 0 Å². The molecule has 0 nitrogen and oxygen atoms in total. The number of benzene rings is 1. The van der Waals surface area contributed by atoms with Crippen molar-refractivity contribution in [2.24, 2.45) is 23.2 Å². The van der Waals surface area contributed by atoms with Crippen molar-refractivity contribution < 1.29 is 0 Å². The van der Waals surface area contributed by atoms with E-state index >= 15 is 0 Å². The highest BCUT2D eigenvalue weighted by molar-refractivity contribution is 5.48. The molecule has 0 heteroatoms. The van der Waals surface area contributed by atoms with E-state index < -0.39 is 0 Å². The maximum absolute atomic E-state index is 3.58. The fraction of sp³-hybridized carbons (Fsp3) is 0.467. The molecule has 0 heterocycles. The molecule has 2 atom stereocenters. The monoisotopic (exact) mass is 194 g/mol. The van der Waals surface area contributed by atoms with E-state index in [9.17, 15) is 0 Å². The summed E-state index contributed by atoms with van der Waals surface area (Å²) in [5.41, 5.74) is 1.70. The average Bonchev–Trinajstić information content (AvgIpc) is 3.18. The molecule has 0 radical (unpaired) electrons. The Morgan fingerprint density at radius 3 is 2.47 bits per heavy atom. The van der Waals surface area contributed by atoms with Gasteiger partial charge < -0.3 is 0 Å². The first kappa shape index (κ1) is 7.99. The van der Waals surface area contributed by atoms with Crippen LogP contribution in [-0.2, 0) is 0 Å². The minimum atomic E-state index is 0.522. The summed E-state index contributed by atoms with van der Waals surface area (Å²) in [6.45, 7) is 0. The van der Waals surface area contributed by atoms with Crippen LogP contribution >= 0.6 is 0 Å². The normalized spacial score (nSPS) is 43.6. The predicted octanol–water partition coefficient (Wildman–Crippen LogP) is 3.08. The Bertz CT molecular complexity index is 438. The quantitative estimate of drug-likeness (QED) is 0.557. The molecule has 3 fully saturated rings. The van der Waals surface area contributed by atoms with E-state index in [4.69, 9.17) is 0 Å². The molecule has 1 aromatic carbocycles. The van der Waals surface area contributed by atoms with Gasteiger partial charge in [0, 0.05) is 11.0 Å². The van der Waals surface area contributed by atoms with E-state index in [2.05, 4.69) is 42.2 Å². The molecule has 1 aromatic rings. The van der Waals surface area contributed by atoms with E-state index in [-0.39, 0.29) is 0 Å². The Morgan fingerprint density at radius 2 is 1.80 bits per heavy atom. The lowest BCUT2D eigenvalue weighted by Gasteiger charge is -2.21. The average molecular weight is 194 g/mol. The highest BCUT2D eigenvalue weighted by atomic mass is 14.9. The second kappa shape index (κ2) is 2.47. The van der Waals surface area contributed by atoms with Crippen molar-refractivity contribution in [3.8, 4) is 11.8 Å². The topological polar surface area (TPSA) is 0 Å². The van der Waals surface area contributed by atoms with Gasteiger partial charge in [0.1, 0.15) is 0 Å². The largest absolute Gasteiger partial charge is 0.0902 e. The molecule has 0 bridgehead atoms. The van der Waals surface area contributed by atoms with Crippen LogP contribution in [0.3, 0.4) is 0 Å². The van der Waals surface area contributed by atoms with Gasteiger partial charge >= 0.3 is 0 Å². The summed E-state index contributed by atoms with van der Waals surface area (Å²) < 4.78 is 0. The third-order valence-corrected chi connectivity index (χ3v) is 4.65. The lowest BCUT2D eigenvalue weighted by atomic mass is 9.83. The smallest absolute Gasteiger partial charge is 0.0415 e. The Labute approximate surface area is 90.7 Å². The lowest BCUT2D eigenvalue weighted by molar-refractivity contribution is 0.307. The van der Waals surface area contributed by atoms with Gasteiger partial charge in [-0.1, -0.05) is 36.5 Å². The Morgan fingerprint density at radius 1 is 1.07 bits per heavy atom. The summed E-state index contributed by atoms with van der Waals surface area (Å²) >= 11 is 0. The van der Waals surface area contributed by atoms with Crippen molar-refractivity contribution in [2.75, 3.05) is 0 Å². The highest BCUT2D eigenvalue weighted by Gasteiger charge is 2.86. The van der Waals surface area contributed by atoms with Gasteiger partial charge in [-0.25, -0.2) is 0 Å². The minimum absolute atomic E-state index is 0.522. The van der Waals surface area contributed by atoms with E-state index in [1.807, 2.05) is 0 Å². The molecule has 0 saturated heterocycles. The van der Waals surface area contributed by atoms with Gasteiger partial charge in [-0.15, -0.1) is 0 Å². The summed E-state index contributed by atoms with van der Waals surface area (Å²) in [4.78, 5) is 0. The van der Waals surface area contributed by atoms with Gasteiger partial charge in [0.15, 0.2) is 0 Å². The van der Waals surface area contributed by atoms with Crippen LogP contribution in [0.15, 0.2) is 30.3 Å². The molecule has 4 rings (SSSR count). The summed E-state index contributed by atoms with van der Waals surface area (Å²) in [7, 11) is 0. The molecule has 0 N–H and O–H groups in total. The van der Waals surface area contributed by atoms with Crippen LogP contribution in [0.1, 0.15) is 24.8 Å². The van der Waals surface area contributed by atoms with Crippen molar-refractivity contribution in [1.82, 2.24) is 0 Å². The third kappa shape index (κ3) is 0.893. The first-order valence-electron chi connectivity index (χ1n) is 6.01. The molecular weight excluding hydrogens is 180 g/mol. The summed E-state index contributed by atoms with van der Waals surface area (Å²) in [5.74, 6) is 9.94. The first-order valence-corrected chi connectivity index (χ1v) is 6.01. The zero-order chi connectivity index (χ0) is 9.88. The molecule has 3 aliphatic rings. The zero-order valence-corrected chi connectivity index (χ0v) is 8.74. The second-order valence-corrected chi connectivity index (χ2v) is 5.22. The van der Waals surface area contributed by atoms with E-state index in [0.717, 1.165) is 17.8 Å². The summed E-state index contributed by atoms with van der Waals surface area (Å²) in [6, 6.07) is 10.4.